The van der Waals surface area contributed by atoms with Crippen molar-refractivity contribution in [3.63, 3.8) is 0 Å². The van der Waals surface area contributed by atoms with Crippen LogP contribution in [-0.4, -0.2) is 60.6 Å². The van der Waals surface area contributed by atoms with Crippen LogP contribution in [0.3, 0.4) is 0 Å². The van der Waals surface area contributed by atoms with E-state index in [1.165, 1.54) is 19.4 Å². The average Bonchev–Trinajstić information content (AvgIpc) is 3.25. The van der Waals surface area contributed by atoms with E-state index in [1.54, 1.807) is 11.3 Å². The Balaban J connectivity index is 1.47. The number of hydrogen-bond donors (Lipinski definition) is 0. The van der Waals surface area contributed by atoms with Gasteiger partial charge in [0, 0.05) is 26.2 Å². The highest BCUT2D eigenvalue weighted by Crippen LogP contribution is 2.33. The predicted octanol–water partition coefficient (Wildman–Crippen LogP) is 2.38. The molecule has 120 valence electrons. The first kappa shape index (κ1) is 14.7. The molecule has 0 radical (unpaired) electrons. The number of piperidine rings is 1. The lowest BCUT2D eigenvalue weighted by Crippen LogP contribution is -2.61. The minimum atomic E-state index is 0.211. The van der Waals surface area contributed by atoms with E-state index in [0.717, 1.165) is 49.0 Å². The van der Waals surface area contributed by atoms with Crippen LogP contribution in [0.1, 0.15) is 34.5 Å². The fraction of sp³-hybridized carbons (Fsp3) is 0.706. The molecule has 1 aliphatic carbocycles. The Morgan fingerprint density at radius 3 is 2.95 bits per heavy atom. The maximum Gasteiger partial charge on any atom is 0.264 e. The highest BCUT2D eigenvalue weighted by atomic mass is 32.1. The Kier molecular flexibility index (Phi) is 3.96. The maximum absolute atomic E-state index is 12.8. The van der Waals surface area contributed by atoms with Crippen LogP contribution < -0.4 is 0 Å². The van der Waals surface area contributed by atoms with Gasteiger partial charge in [-0.15, -0.1) is 11.3 Å². The second-order valence-electron chi connectivity index (χ2n) is 6.89. The van der Waals surface area contributed by atoms with Crippen LogP contribution in [0, 0.1) is 12.8 Å². The summed E-state index contributed by atoms with van der Waals surface area (Å²) in [6, 6.07) is 2.43. The monoisotopic (exact) mass is 320 g/mol. The molecule has 22 heavy (non-hydrogen) atoms. The Morgan fingerprint density at radius 2 is 2.23 bits per heavy atom. The molecule has 3 heterocycles. The van der Waals surface area contributed by atoms with E-state index in [-0.39, 0.29) is 5.91 Å². The van der Waals surface area contributed by atoms with E-state index in [1.807, 2.05) is 18.4 Å². The van der Waals surface area contributed by atoms with E-state index in [2.05, 4.69) is 9.80 Å². The van der Waals surface area contributed by atoms with Gasteiger partial charge in [0.05, 0.1) is 23.6 Å². The molecule has 1 aromatic rings. The van der Waals surface area contributed by atoms with Gasteiger partial charge in [-0.05, 0) is 49.1 Å². The molecule has 1 aromatic heterocycles. The van der Waals surface area contributed by atoms with Gasteiger partial charge in [0.1, 0.15) is 0 Å². The van der Waals surface area contributed by atoms with Crippen LogP contribution in [0.25, 0.3) is 0 Å². The second-order valence-corrected chi connectivity index (χ2v) is 7.80. The number of thiophene rings is 1. The van der Waals surface area contributed by atoms with Crippen molar-refractivity contribution in [3.05, 3.63) is 21.9 Å². The molecule has 4 rings (SSSR count). The zero-order valence-electron chi connectivity index (χ0n) is 13.2. The third-order valence-electron chi connectivity index (χ3n) is 5.23. The number of aryl methyl sites for hydroxylation is 1. The number of nitrogens with zero attached hydrogens (tertiary/aromatic N) is 2. The molecule has 2 atom stereocenters. The first-order chi connectivity index (χ1) is 10.7. The van der Waals surface area contributed by atoms with Gasteiger partial charge in [0.25, 0.3) is 5.91 Å². The lowest BCUT2D eigenvalue weighted by Gasteiger charge is -2.47. The average molecular weight is 320 g/mol. The highest BCUT2D eigenvalue weighted by Gasteiger charge is 2.40. The number of ether oxygens (including phenoxy) is 1. The zero-order chi connectivity index (χ0) is 15.1. The van der Waals surface area contributed by atoms with Crippen LogP contribution in [-0.2, 0) is 4.74 Å². The van der Waals surface area contributed by atoms with E-state index < -0.39 is 0 Å². The third kappa shape index (κ3) is 2.82. The molecule has 0 N–H and O–H groups in total. The van der Waals surface area contributed by atoms with Gasteiger partial charge in [-0.2, -0.15) is 0 Å². The summed E-state index contributed by atoms with van der Waals surface area (Å²) in [4.78, 5) is 18.3. The van der Waals surface area contributed by atoms with Crippen molar-refractivity contribution >= 4 is 17.2 Å². The summed E-state index contributed by atoms with van der Waals surface area (Å²) >= 11 is 1.57. The third-order valence-corrected chi connectivity index (χ3v) is 6.24. The topological polar surface area (TPSA) is 32.8 Å². The van der Waals surface area contributed by atoms with Crippen molar-refractivity contribution in [3.8, 4) is 0 Å². The highest BCUT2D eigenvalue weighted by molar-refractivity contribution is 7.12. The Bertz CT molecular complexity index is 555. The number of fused-ring (bicyclic) bond motifs is 1. The molecule has 3 fully saturated rings. The molecule has 2 saturated heterocycles. The standard InChI is InChI=1S/C17H24N2O2S/c1-12-5-9-22-16(12)17(20)19-6-4-15-14(11-19)18(7-8-21-15)10-13-2-3-13/h5,9,13-15H,2-4,6-8,10-11H2,1H3/t14-,15-/m0/s1. The van der Waals surface area contributed by atoms with Crippen LogP contribution in [0.15, 0.2) is 11.4 Å². The van der Waals surface area contributed by atoms with Crippen LogP contribution in [0.4, 0.5) is 0 Å². The molecular formula is C17H24N2O2S. The summed E-state index contributed by atoms with van der Waals surface area (Å²) in [5, 5.41) is 2.01. The van der Waals surface area contributed by atoms with E-state index in [0.29, 0.717) is 12.1 Å². The normalized spacial score (nSPS) is 29.4. The molecule has 3 aliphatic rings. The van der Waals surface area contributed by atoms with Crippen molar-refractivity contribution < 1.29 is 9.53 Å². The van der Waals surface area contributed by atoms with Gasteiger partial charge >= 0.3 is 0 Å². The van der Waals surface area contributed by atoms with E-state index in [9.17, 15) is 4.79 Å². The van der Waals surface area contributed by atoms with Crippen LogP contribution in [0.5, 0.6) is 0 Å². The Labute approximate surface area is 136 Å². The lowest BCUT2D eigenvalue weighted by molar-refractivity contribution is -0.0988. The Morgan fingerprint density at radius 1 is 1.36 bits per heavy atom. The lowest BCUT2D eigenvalue weighted by atomic mass is 9.98. The van der Waals surface area contributed by atoms with Crippen molar-refractivity contribution in [2.24, 2.45) is 5.92 Å². The van der Waals surface area contributed by atoms with Gasteiger partial charge in [0.15, 0.2) is 0 Å². The molecular weight excluding hydrogens is 296 g/mol. The van der Waals surface area contributed by atoms with E-state index >= 15 is 0 Å². The minimum absolute atomic E-state index is 0.211. The minimum Gasteiger partial charge on any atom is -0.375 e. The first-order valence-corrected chi connectivity index (χ1v) is 9.29. The molecule has 1 amide bonds. The van der Waals surface area contributed by atoms with Crippen molar-refractivity contribution in [2.45, 2.75) is 38.3 Å². The second kappa shape index (κ2) is 5.95. The van der Waals surface area contributed by atoms with Crippen molar-refractivity contribution in [1.82, 2.24) is 9.80 Å². The number of carbonyl (C=O) groups is 1. The summed E-state index contributed by atoms with van der Waals surface area (Å²) in [6.07, 6.45) is 4.06. The summed E-state index contributed by atoms with van der Waals surface area (Å²) in [7, 11) is 0. The molecule has 2 aliphatic heterocycles. The van der Waals surface area contributed by atoms with Crippen molar-refractivity contribution in [2.75, 3.05) is 32.8 Å². The number of morpholine rings is 1. The molecule has 1 saturated carbocycles. The Hall–Kier alpha value is -0.910. The summed E-state index contributed by atoms with van der Waals surface area (Å²) in [5.41, 5.74) is 1.10. The number of hydrogen-bond acceptors (Lipinski definition) is 4. The largest absolute Gasteiger partial charge is 0.375 e. The zero-order valence-corrected chi connectivity index (χ0v) is 14.0. The van der Waals surface area contributed by atoms with Gasteiger partial charge in [-0.3, -0.25) is 9.69 Å². The number of likely N-dealkylation sites (tertiary alicyclic amines) is 1. The van der Waals surface area contributed by atoms with Crippen LogP contribution in [0.2, 0.25) is 0 Å². The predicted molar refractivity (Wildman–Crippen MR) is 87.4 cm³/mol. The van der Waals surface area contributed by atoms with Gasteiger partial charge in [-0.25, -0.2) is 0 Å². The van der Waals surface area contributed by atoms with E-state index in [4.69, 9.17) is 4.74 Å². The first-order valence-electron chi connectivity index (χ1n) is 8.41. The molecule has 5 heteroatoms. The summed E-state index contributed by atoms with van der Waals surface area (Å²) < 4.78 is 5.98. The quantitative estimate of drug-likeness (QED) is 0.857. The molecule has 0 spiro atoms. The fourth-order valence-corrected chi connectivity index (χ4v) is 4.61. The number of amides is 1. The van der Waals surface area contributed by atoms with Gasteiger partial charge in [-0.1, -0.05) is 0 Å². The van der Waals surface area contributed by atoms with Gasteiger partial charge < -0.3 is 9.64 Å². The molecule has 0 unspecified atom stereocenters. The SMILES string of the molecule is Cc1ccsc1C(=O)N1CC[C@@H]2OCCN(CC3CC3)[C@H]2C1. The van der Waals surface area contributed by atoms with Gasteiger partial charge in [0.2, 0.25) is 0 Å². The number of carbonyl (C=O) groups excluding carboxylic acids is 1. The summed E-state index contributed by atoms with van der Waals surface area (Å²) in [6.45, 7) is 6.76. The fourth-order valence-electron chi connectivity index (χ4n) is 3.72. The molecule has 0 aromatic carbocycles. The van der Waals surface area contributed by atoms with Crippen LogP contribution >= 0.6 is 11.3 Å². The summed E-state index contributed by atoms with van der Waals surface area (Å²) in [5.74, 6) is 1.10. The smallest absolute Gasteiger partial charge is 0.264 e. The molecule has 4 nitrogen and oxygen atoms in total. The maximum atomic E-state index is 12.8. The van der Waals surface area contributed by atoms with Crippen molar-refractivity contribution in [1.29, 1.82) is 0 Å². The number of rotatable bonds is 3. The molecule has 0 bridgehead atoms.